The summed E-state index contributed by atoms with van der Waals surface area (Å²) in [6.45, 7) is 3.53. The molecule has 1 heterocycles. The van der Waals surface area contributed by atoms with Crippen molar-refractivity contribution in [3.8, 4) is 0 Å². The number of carbonyl (C=O) groups is 2. The molecule has 0 amide bonds. The quantitative estimate of drug-likeness (QED) is 0.531. The van der Waals surface area contributed by atoms with Crippen LogP contribution in [0.5, 0.6) is 0 Å². The highest BCUT2D eigenvalue weighted by molar-refractivity contribution is 6.03. The molecule has 14 heavy (non-hydrogen) atoms. The van der Waals surface area contributed by atoms with Gasteiger partial charge in [0.15, 0.2) is 0 Å². The van der Waals surface area contributed by atoms with Crippen LogP contribution in [0.1, 0.15) is 26.7 Å². The predicted octanol–water partition coefficient (Wildman–Crippen LogP) is 0.527. The van der Waals surface area contributed by atoms with Gasteiger partial charge in [-0.15, -0.1) is 0 Å². The molecule has 0 aromatic rings. The molecule has 4 heteroatoms. The van der Waals surface area contributed by atoms with E-state index in [-0.39, 0.29) is 18.3 Å². The topological polar surface area (TPSA) is 63.6 Å². The smallest absolute Gasteiger partial charge is 0.319 e. The number of rotatable bonds is 4. The highest BCUT2D eigenvalue weighted by Gasteiger charge is 2.49. The van der Waals surface area contributed by atoms with Gasteiger partial charge in [0.05, 0.1) is 6.61 Å². The lowest BCUT2D eigenvalue weighted by Gasteiger charge is -2.23. The van der Waals surface area contributed by atoms with Gasteiger partial charge in [0.25, 0.3) is 0 Å². The Morgan fingerprint density at radius 3 is 2.71 bits per heavy atom. The summed E-state index contributed by atoms with van der Waals surface area (Å²) < 4.78 is 4.83. The number of ether oxygens (including phenoxy) is 1. The lowest BCUT2D eigenvalue weighted by Crippen LogP contribution is -2.36. The van der Waals surface area contributed by atoms with Gasteiger partial charge in [0.1, 0.15) is 11.2 Å². The zero-order chi connectivity index (χ0) is 10.8. The molecule has 2 atom stereocenters. The van der Waals surface area contributed by atoms with Crippen molar-refractivity contribution in [2.75, 3.05) is 13.2 Å². The molecule has 2 unspecified atom stereocenters. The maximum absolute atomic E-state index is 11.5. The van der Waals surface area contributed by atoms with Crippen molar-refractivity contribution in [3.63, 3.8) is 0 Å². The maximum atomic E-state index is 11.5. The van der Waals surface area contributed by atoms with Crippen molar-refractivity contribution >= 4 is 11.8 Å². The van der Waals surface area contributed by atoms with Crippen LogP contribution in [0.2, 0.25) is 0 Å². The highest BCUT2D eigenvalue weighted by atomic mass is 16.5. The Morgan fingerprint density at radius 1 is 1.71 bits per heavy atom. The Hall–Kier alpha value is -0.900. The first-order valence-corrected chi connectivity index (χ1v) is 4.82. The average Bonchev–Trinajstić information content (AvgIpc) is 2.49. The largest absolute Gasteiger partial charge is 0.465 e. The van der Waals surface area contributed by atoms with Crippen LogP contribution in [0.15, 0.2) is 0 Å². The van der Waals surface area contributed by atoms with Gasteiger partial charge in [-0.05, 0) is 19.3 Å². The van der Waals surface area contributed by atoms with E-state index < -0.39 is 11.4 Å². The third kappa shape index (κ3) is 1.80. The Kier molecular flexibility index (Phi) is 3.26. The van der Waals surface area contributed by atoms with Gasteiger partial charge in [-0.25, -0.2) is 0 Å². The standard InChI is InChI=1S/C10H16O4/c1-7(6-11)5-10(8(2)12)3-4-14-9(10)13/h7,11H,3-6H2,1-2H3. The fourth-order valence-electron chi connectivity index (χ4n) is 1.87. The summed E-state index contributed by atoms with van der Waals surface area (Å²) in [4.78, 5) is 22.9. The van der Waals surface area contributed by atoms with Crippen LogP contribution >= 0.6 is 0 Å². The summed E-state index contributed by atoms with van der Waals surface area (Å²) in [6, 6.07) is 0. The molecule has 0 aromatic heterocycles. The summed E-state index contributed by atoms with van der Waals surface area (Å²) >= 11 is 0. The Morgan fingerprint density at radius 2 is 2.36 bits per heavy atom. The Labute approximate surface area is 83.2 Å². The summed E-state index contributed by atoms with van der Waals surface area (Å²) in [6.07, 6.45) is 0.836. The van der Waals surface area contributed by atoms with E-state index in [9.17, 15) is 9.59 Å². The van der Waals surface area contributed by atoms with Crippen molar-refractivity contribution in [2.45, 2.75) is 26.7 Å². The van der Waals surface area contributed by atoms with Crippen LogP contribution in [-0.2, 0) is 14.3 Å². The van der Waals surface area contributed by atoms with Gasteiger partial charge in [-0.3, -0.25) is 9.59 Å². The van der Waals surface area contributed by atoms with Gasteiger partial charge < -0.3 is 9.84 Å². The normalized spacial score (nSPS) is 28.6. The number of cyclic esters (lactones) is 1. The van der Waals surface area contributed by atoms with Gasteiger partial charge >= 0.3 is 5.97 Å². The monoisotopic (exact) mass is 200 g/mol. The minimum atomic E-state index is -0.984. The fourth-order valence-corrected chi connectivity index (χ4v) is 1.87. The van der Waals surface area contributed by atoms with E-state index in [1.54, 1.807) is 0 Å². The minimum Gasteiger partial charge on any atom is -0.465 e. The van der Waals surface area contributed by atoms with Crippen molar-refractivity contribution in [3.05, 3.63) is 0 Å². The van der Waals surface area contributed by atoms with Crippen LogP contribution in [0.25, 0.3) is 0 Å². The number of aliphatic hydroxyl groups is 1. The second kappa shape index (κ2) is 4.09. The van der Waals surface area contributed by atoms with Gasteiger partial charge in [-0.2, -0.15) is 0 Å². The average molecular weight is 200 g/mol. The number of hydrogen-bond donors (Lipinski definition) is 1. The molecule has 0 saturated carbocycles. The number of Topliss-reactive ketones (excluding diaryl/α,β-unsaturated/α-hetero) is 1. The molecule has 1 fully saturated rings. The minimum absolute atomic E-state index is 0.0116. The number of carbonyl (C=O) groups excluding carboxylic acids is 2. The van der Waals surface area contributed by atoms with Gasteiger partial charge in [0.2, 0.25) is 0 Å². The number of ketones is 1. The van der Waals surface area contributed by atoms with Gasteiger partial charge in [0, 0.05) is 13.0 Å². The molecule has 0 aliphatic carbocycles. The van der Waals surface area contributed by atoms with E-state index in [0.29, 0.717) is 19.4 Å². The molecular weight excluding hydrogens is 184 g/mol. The lowest BCUT2D eigenvalue weighted by atomic mass is 9.75. The van der Waals surface area contributed by atoms with E-state index in [4.69, 9.17) is 9.84 Å². The fraction of sp³-hybridized carbons (Fsp3) is 0.800. The van der Waals surface area contributed by atoms with E-state index in [2.05, 4.69) is 0 Å². The van der Waals surface area contributed by atoms with Crippen LogP contribution < -0.4 is 0 Å². The number of aliphatic hydroxyl groups excluding tert-OH is 1. The van der Waals surface area contributed by atoms with Crippen LogP contribution in [-0.4, -0.2) is 30.1 Å². The van der Waals surface area contributed by atoms with Gasteiger partial charge in [-0.1, -0.05) is 6.92 Å². The summed E-state index contributed by atoms with van der Waals surface area (Å²) in [5, 5.41) is 8.91. The lowest BCUT2D eigenvalue weighted by molar-refractivity contribution is -0.151. The van der Waals surface area contributed by atoms with Crippen molar-refractivity contribution in [1.82, 2.24) is 0 Å². The van der Waals surface area contributed by atoms with Crippen molar-refractivity contribution < 1.29 is 19.4 Å². The molecule has 1 aliphatic rings. The highest BCUT2D eigenvalue weighted by Crippen LogP contribution is 2.37. The first kappa shape index (κ1) is 11.2. The number of esters is 1. The maximum Gasteiger partial charge on any atom is 0.319 e. The molecule has 0 bridgehead atoms. The first-order valence-electron chi connectivity index (χ1n) is 4.82. The molecule has 80 valence electrons. The third-order valence-corrected chi connectivity index (χ3v) is 2.84. The van der Waals surface area contributed by atoms with Crippen LogP contribution in [0.3, 0.4) is 0 Å². The zero-order valence-electron chi connectivity index (χ0n) is 8.58. The van der Waals surface area contributed by atoms with Crippen molar-refractivity contribution in [2.24, 2.45) is 11.3 Å². The molecule has 1 saturated heterocycles. The van der Waals surface area contributed by atoms with E-state index in [1.165, 1.54) is 6.92 Å². The van der Waals surface area contributed by atoms with E-state index >= 15 is 0 Å². The molecule has 1 N–H and O–H groups in total. The van der Waals surface area contributed by atoms with Crippen LogP contribution in [0, 0.1) is 11.3 Å². The molecular formula is C10H16O4. The van der Waals surface area contributed by atoms with E-state index in [0.717, 1.165) is 0 Å². The molecule has 1 aliphatic heterocycles. The molecule has 4 nitrogen and oxygen atoms in total. The summed E-state index contributed by atoms with van der Waals surface area (Å²) in [5.74, 6) is -0.629. The Balaban J connectivity index is 2.82. The van der Waals surface area contributed by atoms with E-state index in [1.807, 2.05) is 6.92 Å². The second-order valence-electron chi connectivity index (χ2n) is 4.02. The number of hydrogen-bond acceptors (Lipinski definition) is 4. The predicted molar refractivity (Wildman–Crippen MR) is 49.6 cm³/mol. The molecule has 0 aromatic carbocycles. The second-order valence-corrected chi connectivity index (χ2v) is 4.02. The summed E-state index contributed by atoms with van der Waals surface area (Å²) in [5.41, 5.74) is -0.984. The molecule has 1 rings (SSSR count). The molecule has 0 spiro atoms. The first-order chi connectivity index (χ1) is 6.53. The van der Waals surface area contributed by atoms with Crippen molar-refractivity contribution in [1.29, 1.82) is 0 Å². The molecule has 0 radical (unpaired) electrons. The van der Waals surface area contributed by atoms with Crippen LogP contribution in [0.4, 0.5) is 0 Å². The Bertz CT molecular complexity index is 249. The summed E-state index contributed by atoms with van der Waals surface area (Å²) in [7, 11) is 0. The zero-order valence-corrected chi connectivity index (χ0v) is 8.58. The third-order valence-electron chi connectivity index (χ3n) is 2.84. The SMILES string of the molecule is CC(=O)C1(CC(C)CO)CCOC1=O.